The van der Waals surface area contributed by atoms with Gasteiger partial charge >= 0.3 is 5.97 Å². The molecule has 1 heterocycles. The van der Waals surface area contributed by atoms with E-state index in [0.29, 0.717) is 12.0 Å². The molecule has 0 aliphatic carbocycles. The van der Waals surface area contributed by atoms with Gasteiger partial charge in [0.05, 0.1) is 12.5 Å². The molecule has 3 nitrogen and oxygen atoms in total. The first-order valence-corrected chi connectivity index (χ1v) is 5.83. The smallest absolute Gasteiger partial charge is 0.309 e. The molecule has 88 valence electrons. The predicted octanol–water partition coefficient (Wildman–Crippen LogP) is 1.92. The standard InChI is InChI=1S/C12H23NO2/c1-5-15-11(14)10(2)8-13-7-6-12(3,4)9-13/h10H,5-9H2,1-4H3. The van der Waals surface area contributed by atoms with Crippen molar-refractivity contribution in [3.8, 4) is 0 Å². The van der Waals surface area contributed by atoms with E-state index < -0.39 is 0 Å². The number of rotatable bonds is 4. The lowest BCUT2D eigenvalue weighted by atomic mass is 9.93. The van der Waals surface area contributed by atoms with Crippen molar-refractivity contribution in [1.29, 1.82) is 0 Å². The lowest BCUT2D eigenvalue weighted by molar-refractivity contribution is -0.147. The van der Waals surface area contributed by atoms with Crippen LogP contribution in [0, 0.1) is 11.3 Å². The molecule has 0 radical (unpaired) electrons. The zero-order chi connectivity index (χ0) is 11.5. The third-order valence-electron chi connectivity index (χ3n) is 2.98. The third kappa shape index (κ3) is 3.82. The molecule has 0 saturated carbocycles. The maximum Gasteiger partial charge on any atom is 0.309 e. The van der Waals surface area contributed by atoms with Gasteiger partial charge in [-0.1, -0.05) is 20.8 Å². The molecule has 1 rings (SSSR count). The van der Waals surface area contributed by atoms with Gasteiger partial charge in [-0.2, -0.15) is 0 Å². The molecule has 3 heteroatoms. The lowest BCUT2D eigenvalue weighted by Crippen LogP contribution is -2.32. The van der Waals surface area contributed by atoms with Crippen LogP contribution >= 0.6 is 0 Å². The number of hydrogen-bond donors (Lipinski definition) is 0. The summed E-state index contributed by atoms with van der Waals surface area (Å²) in [5, 5.41) is 0. The van der Waals surface area contributed by atoms with Crippen LogP contribution in [0.15, 0.2) is 0 Å². The Bertz CT molecular complexity index is 226. The maximum absolute atomic E-state index is 11.4. The van der Waals surface area contributed by atoms with Crippen molar-refractivity contribution >= 4 is 5.97 Å². The molecule has 1 unspecified atom stereocenters. The SMILES string of the molecule is CCOC(=O)C(C)CN1CCC(C)(C)C1. The van der Waals surface area contributed by atoms with Crippen LogP contribution in [0.4, 0.5) is 0 Å². The Kier molecular flexibility index (Phi) is 4.14. The third-order valence-corrected chi connectivity index (χ3v) is 2.98. The molecule has 0 aromatic carbocycles. The van der Waals surface area contributed by atoms with Crippen molar-refractivity contribution in [3.05, 3.63) is 0 Å². The summed E-state index contributed by atoms with van der Waals surface area (Å²) in [4.78, 5) is 13.8. The van der Waals surface area contributed by atoms with E-state index in [1.165, 1.54) is 6.42 Å². The topological polar surface area (TPSA) is 29.5 Å². The van der Waals surface area contributed by atoms with Gasteiger partial charge in [-0.05, 0) is 25.3 Å². The van der Waals surface area contributed by atoms with Gasteiger partial charge in [-0.15, -0.1) is 0 Å². The molecule has 0 spiro atoms. The van der Waals surface area contributed by atoms with E-state index in [1.807, 2.05) is 13.8 Å². The van der Waals surface area contributed by atoms with Gasteiger partial charge in [0.1, 0.15) is 0 Å². The average Bonchev–Trinajstić information content (AvgIpc) is 2.46. The lowest BCUT2D eigenvalue weighted by Gasteiger charge is -2.22. The highest BCUT2D eigenvalue weighted by atomic mass is 16.5. The fraction of sp³-hybridized carbons (Fsp3) is 0.917. The number of nitrogens with zero attached hydrogens (tertiary/aromatic N) is 1. The summed E-state index contributed by atoms with van der Waals surface area (Å²) in [6.45, 7) is 11.9. The summed E-state index contributed by atoms with van der Waals surface area (Å²) in [6.07, 6.45) is 1.22. The van der Waals surface area contributed by atoms with E-state index in [9.17, 15) is 4.79 Å². The summed E-state index contributed by atoms with van der Waals surface area (Å²) in [7, 11) is 0. The summed E-state index contributed by atoms with van der Waals surface area (Å²) < 4.78 is 5.00. The van der Waals surface area contributed by atoms with Crippen molar-refractivity contribution in [2.75, 3.05) is 26.2 Å². The molecular weight excluding hydrogens is 190 g/mol. The number of ether oxygens (including phenoxy) is 1. The number of hydrogen-bond acceptors (Lipinski definition) is 3. The molecule has 0 N–H and O–H groups in total. The van der Waals surface area contributed by atoms with Gasteiger partial charge in [0.25, 0.3) is 0 Å². The Balaban J connectivity index is 2.33. The number of esters is 1. The summed E-state index contributed by atoms with van der Waals surface area (Å²) in [5.41, 5.74) is 0.411. The van der Waals surface area contributed by atoms with Crippen LogP contribution in [-0.2, 0) is 9.53 Å². The largest absolute Gasteiger partial charge is 0.466 e. The summed E-state index contributed by atoms with van der Waals surface area (Å²) >= 11 is 0. The fourth-order valence-electron chi connectivity index (χ4n) is 2.13. The van der Waals surface area contributed by atoms with Crippen LogP contribution in [-0.4, -0.2) is 37.1 Å². The second-order valence-corrected chi connectivity index (χ2v) is 5.30. The second kappa shape index (κ2) is 4.97. The second-order valence-electron chi connectivity index (χ2n) is 5.30. The van der Waals surface area contributed by atoms with Gasteiger partial charge in [0.2, 0.25) is 0 Å². The van der Waals surface area contributed by atoms with Crippen molar-refractivity contribution in [2.24, 2.45) is 11.3 Å². The molecule has 1 saturated heterocycles. The first-order valence-electron chi connectivity index (χ1n) is 5.83. The van der Waals surface area contributed by atoms with E-state index in [2.05, 4.69) is 18.7 Å². The summed E-state index contributed by atoms with van der Waals surface area (Å²) in [6, 6.07) is 0. The van der Waals surface area contributed by atoms with Crippen LogP contribution in [0.5, 0.6) is 0 Å². The van der Waals surface area contributed by atoms with Gasteiger partial charge in [0.15, 0.2) is 0 Å². The highest BCUT2D eigenvalue weighted by molar-refractivity contribution is 5.72. The maximum atomic E-state index is 11.4. The van der Waals surface area contributed by atoms with Crippen molar-refractivity contribution in [3.63, 3.8) is 0 Å². The van der Waals surface area contributed by atoms with E-state index in [-0.39, 0.29) is 11.9 Å². The van der Waals surface area contributed by atoms with E-state index in [4.69, 9.17) is 4.74 Å². The average molecular weight is 213 g/mol. The van der Waals surface area contributed by atoms with E-state index in [0.717, 1.165) is 19.6 Å². The number of likely N-dealkylation sites (tertiary alicyclic amines) is 1. The molecule has 1 fully saturated rings. The molecular formula is C12H23NO2. The molecule has 1 aliphatic heterocycles. The molecule has 1 aliphatic rings. The van der Waals surface area contributed by atoms with Gasteiger partial charge in [-0.3, -0.25) is 4.79 Å². The number of carbonyl (C=O) groups is 1. The quantitative estimate of drug-likeness (QED) is 0.668. The molecule has 0 bridgehead atoms. The van der Waals surface area contributed by atoms with Crippen LogP contribution in [0.2, 0.25) is 0 Å². The zero-order valence-corrected chi connectivity index (χ0v) is 10.4. The number of carbonyl (C=O) groups excluding carboxylic acids is 1. The highest BCUT2D eigenvalue weighted by Gasteiger charge is 2.30. The summed E-state index contributed by atoms with van der Waals surface area (Å²) in [5.74, 6) is -0.0685. The first kappa shape index (κ1) is 12.5. The molecule has 0 aromatic heterocycles. The molecule has 1 atom stereocenters. The van der Waals surface area contributed by atoms with Crippen LogP contribution in [0.25, 0.3) is 0 Å². The van der Waals surface area contributed by atoms with Gasteiger partial charge in [-0.25, -0.2) is 0 Å². The first-order chi connectivity index (χ1) is 6.94. The Hall–Kier alpha value is -0.570. The minimum atomic E-state index is -0.0674. The molecule has 0 aromatic rings. The Labute approximate surface area is 92.8 Å². The minimum Gasteiger partial charge on any atom is -0.466 e. The van der Waals surface area contributed by atoms with Crippen molar-refractivity contribution < 1.29 is 9.53 Å². The zero-order valence-electron chi connectivity index (χ0n) is 10.4. The van der Waals surface area contributed by atoms with E-state index >= 15 is 0 Å². The Morgan fingerprint density at radius 1 is 1.53 bits per heavy atom. The van der Waals surface area contributed by atoms with Crippen LogP contribution in [0.3, 0.4) is 0 Å². The van der Waals surface area contributed by atoms with Crippen LogP contribution < -0.4 is 0 Å². The van der Waals surface area contributed by atoms with Crippen molar-refractivity contribution in [1.82, 2.24) is 4.90 Å². The predicted molar refractivity (Wildman–Crippen MR) is 60.6 cm³/mol. The fourth-order valence-corrected chi connectivity index (χ4v) is 2.13. The Morgan fingerprint density at radius 3 is 2.67 bits per heavy atom. The monoisotopic (exact) mass is 213 g/mol. The Morgan fingerprint density at radius 2 is 2.20 bits per heavy atom. The van der Waals surface area contributed by atoms with Crippen molar-refractivity contribution in [2.45, 2.75) is 34.1 Å². The normalized spacial score (nSPS) is 22.7. The van der Waals surface area contributed by atoms with E-state index in [1.54, 1.807) is 0 Å². The highest BCUT2D eigenvalue weighted by Crippen LogP contribution is 2.29. The molecule has 0 amide bonds. The van der Waals surface area contributed by atoms with Crippen LogP contribution in [0.1, 0.15) is 34.1 Å². The van der Waals surface area contributed by atoms with Gasteiger partial charge in [0, 0.05) is 13.1 Å². The molecule has 15 heavy (non-hydrogen) atoms. The minimum absolute atomic E-state index is 0.00106. The van der Waals surface area contributed by atoms with Gasteiger partial charge < -0.3 is 9.64 Å².